The number of alkyl halides is 2. The maximum Gasteiger partial charge on any atom is 0.387 e. The second kappa shape index (κ2) is 8.63. The molecule has 5 nitrogen and oxygen atoms in total. The van der Waals surface area contributed by atoms with Gasteiger partial charge < -0.3 is 14.4 Å². The number of hydrogen-bond donors (Lipinski definition) is 0. The Bertz CT molecular complexity index is 1020. The number of nitrogens with zero attached hydrogens (tertiary/aromatic N) is 3. The zero-order chi connectivity index (χ0) is 22.3. The van der Waals surface area contributed by atoms with E-state index < -0.39 is 12.3 Å². The van der Waals surface area contributed by atoms with Crippen molar-refractivity contribution >= 4 is 21.6 Å². The van der Waals surface area contributed by atoms with Gasteiger partial charge in [0, 0.05) is 48.0 Å². The van der Waals surface area contributed by atoms with Crippen molar-refractivity contribution in [1.82, 2.24) is 9.91 Å². The van der Waals surface area contributed by atoms with Gasteiger partial charge in [-0.1, -0.05) is 35.0 Å². The van der Waals surface area contributed by atoms with Gasteiger partial charge in [-0.25, -0.2) is 5.01 Å². The van der Waals surface area contributed by atoms with E-state index in [1.807, 2.05) is 18.2 Å². The molecular weight excluding hydrogens is 480 g/mol. The molecule has 5 rings (SSSR count). The average Bonchev–Trinajstić information content (AvgIpc) is 3.23. The minimum Gasteiger partial charge on any atom is -0.466 e. The smallest absolute Gasteiger partial charge is 0.387 e. The van der Waals surface area contributed by atoms with Crippen LogP contribution >= 0.6 is 15.9 Å². The number of piperidine rings is 1. The second-order valence-corrected chi connectivity index (χ2v) is 9.47. The first-order valence-electron chi connectivity index (χ1n) is 11.1. The van der Waals surface area contributed by atoms with Crippen LogP contribution in [0.3, 0.4) is 0 Å². The molecule has 3 aliphatic heterocycles. The van der Waals surface area contributed by atoms with Crippen molar-refractivity contribution in [2.75, 3.05) is 19.6 Å². The molecule has 8 heteroatoms. The number of hydrogen-bond acceptors (Lipinski definition) is 5. The fraction of sp³-hybridized carbons (Fsp3) is 0.458. The standard InChI is InChI=1S/C24H26BrF2N3O2/c1-2-11-29-12-9-24(10-13-29)30-20(18-14-16(25)7-8-22(18)32-24)15-19(28-30)17-5-3-4-6-21(17)31-23(26)27/h3-8,14,20,23H,2,9-13,15H2,1H3. The lowest BCUT2D eigenvalue weighted by molar-refractivity contribution is -0.149. The molecule has 32 heavy (non-hydrogen) atoms. The predicted molar refractivity (Wildman–Crippen MR) is 122 cm³/mol. The van der Waals surface area contributed by atoms with Crippen LogP contribution in [-0.2, 0) is 0 Å². The summed E-state index contributed by atoms with van der Waals surface area (Å²) in [4.78, 5) is 2.47. The number of fused-ring (bicyclic) bond motifs is 4. The van der Waals surface area contributed by atoms with E-state index in [1.54, 1.807) is 18.2 Å². The first-order chi connectivity index (χ1) is 15.5. The molecule has 0 bridgehead atoms. The summed E-state index contributed by atoms with van der Waals surface area (Å²) in [5, 5.41) is 7.09. The number of para-hydroxylation sites is 1. The molecule has 0 N–H and O–H groups in total. The summed E-state index contributed by atoms with van der Waals surface area (Å²) < 4.78 is 38.4. The number of halogens is 3. The maximum atomic E-state index is 13.0. The average molecular weight is 506 g/mol. The van der Waals surface area contributed by atoms with Gasteiger partial charge in [-0.3, -0.25) is 0 Å². The van der Waals surface area contributed by atoms with Crippen LogP contribution in [-0.4, -0.2) is 47.6 Å². The van der Waals surface area contributed by atoms with Crippen molar-refractivity contribution in [3.63, 3.8) is 0 Å². The fourth-order valence-electron chi connectivity index (χ4n) is 5.09. The molecule has 0 amide bonds. The van der Waals surface area contributed by atoms with Crippen LogP contribution in [0, 0.1) is 0 Å². The zero-order valence-corrected chi connectivity index (χ0v) is 19.5. The Morgan fingerprint density at radius 3 is 2.75 bits per heavy atom. The third-order valence-electron chi connectivity index (χ3n) is 6.55. The summed E-state index contributed by atoms with van der Waals surface area (Å²) in [6.45, 7) is 2.28. The van der Waals surface area contributed by atoms with Crippen molar-refractivity contribution in [2.24, 2.45) is 5.10 Å². The van der Waals surface area contributed by atoms with Crippen molar-refractivity contribution in [2.45, 2.75) is 51.0 Å². The van der Waals surface area contributed by atoms with Gasteiger partial charge in [0.05, 0.1) is 11.8 Å². The summed E-state index contributed by atoms with van der Waals surface area (Å²) in [7, 11) is 0. The zero-order valence-electron chi connectivity index (χ0n) is 17.9. The molecule has 0 saturated carbocycles. The van der Waals surface area contributed by atoms with Crippen LogP contribution in [0.4, 0.5) is 8.78 Å². The minimum atomic E-state index is -2.88. The summed E-state index contributed by atoms with van der Waals surface area (Å²) >= 11 is 3.58. The normalized spacial score (nSPS) is 21.8. The molecule has 1 fully saturated rings. The summed E-state index contributed by atoms with van der Waals surface area (Å²) in [6, 6.07) is 13.0. The van der Waals surface area contributed by atoms with Gasteiger partial charge >= 0.3 is 6.61 Å². The third kappa shape index (κ3) is 3.88. The Kier molecular flexibility index (Phi) is 5.84. The Morgan fingerprint density at radius 1 is 1.22 bits per heavy atom. The molecule has 1 unspecified atom stereocenters. The quantitative estimate of drug-likeness (QED) is 0.514. The van der Waals surface area contributed by atoms with Gasteiger partial charge in [0.15, 0.2) is 0 Å². The molecule has 0 aliphatic carbocycles. The Hall–Kier alpha value is -2.19. The Labute approximate surface area is 195 Å². The van der Waals surface area contributed by atoms with E-state index in [9.17, 15) is 8.78 Å². The first-order valence-corrected chi connectivity index (χ1v) is 11.9. The first kappa shape index (κ1) is 21.6. The van der Waals surface area contributed by atoms with Crippen LogP contribution in [0.25, 0.3) is 0 Å². The van der Waals surface area contributed by atoms with Crippen LogP contribution in [0.1, 0.15) is 49.8 Å². The van der Waals surface area contributed by atoms with Crippen LogP contribution in [0.2, 0.25) is 0 Å². The van der Waals surface area contributed by atoms with Crippen molar-refractivity contribution < 1.29 is 18.3 Å². The van der Waals surface area contributed by atoms with Gasteiger partial charge in [-0.15, -0.1) is 0 Å². The third-order valence-corrected chi connectivity index (χ3v) is 7.04. The highest BCUT2D eigenvalue weighted by Gasteiger charge is 2.52. The molecule has 2 aromatic rings. The lowest BCUT2D eigenvalue weighted by Crippen LogP contribution is -2.59. The highest BCUT2D eigenvalue weighted by Crippen LogP contribution is 2.51. The molecule has 3 aliphatic rings. The molecule has 0 radical (unpaired) electrons. The lowest BCUT2D eigenvalue weighted by Gasteiger charge is -2.51. The summed E-state index contributed by atoms with van der Waals surface area (Å²) in [5.74, 6) is 1.04. The van der Waals surface area contributed by atoms with E-state index in [-0.39, 0.29) is 11.8 Å². The molecular formula is C24H26BrF2N3O2. The minimum absolute atomic E-state index is 0.0106. The van der Waals surface area contributed by atoms with E-state index in [0.717, 1.165) is 60.4 Å². The van der Waals surface area contributed by atoms with Crippen LogP contribution in [0.15, 0.2) is 52.0 Å². The summed E-state index contributed by atoms with van der Waals surface area (Å²) in [5.41, 5.74) is 1.89. The van der Waals surface area contributed by atoms with Gasteiger partial charge in [0.2, 0.25) is 5.72 Å². The predicted octanol–water partition coefficient (Wildman–Crippen LogP) is 5.80. The van der Waals surface area contributed by atoms with E-state index in [4.69, 9.17) is 14.6 Å². The monoisotopic (exact) mass is 505 g/mol. The maximum absolute atomic E-state index is 13.0. The highest BCUT2D eigenvalue weighted by atomic mass is 79.9. The molecule has 1 saturated heterocycles. The Morgan fingerprint density at radius 2 is 2.00 bits per heavy atom. The topological polar surface area (TPSA) is 37.3 Å². The fourth-order valence-corrected chi connectivity index (χ4v) is 5.47. The van der Waals surface area contributed by atoms with Gasteiger partial charge in [-0.05, 0) is 43.3 Å². The highest BCUT2D eigenvalue weighted by molar-refractivity contribution is 9.10. The van der Waals surface area contributed by atoms with E-state index in [1.165, 1.54) is 0 Å². The number of likely N-dealkylation sites (tertiary alicyclic amines) is 1. The number of rotatable bonds is 5. The molecule has 3 heterocycles. The van der Waals surface area contributed by atoms with E-state index in [2.05, 4.69) is 38.8 Å². The van der Waals surface area contributed by atoms with Gasteiger partial charge in [0.1, 0.15) is 11.5 Å². The molecule has 1 atom stereocenters. The van der Waals surface area contributed by atoms with Gasteiger partial charge in [-0.2, -0.15) is 13.9 Å². The van der Waals surface area contributed by atoms with Crippen molar-refractivity contribution in [3.8, 4) is 11.5 Å². The molecule has 2 aromatic carbocycles. The molecule has 170 valence electrons. The number of ether oxygens (including phenoxy) is 2. The van der Waals surface area contributed by atoms with Crippen LogP contribution < -0.4 is 9.47 Å². The lowest BCUT2D eigenvalue weighted by atomic mass is 9.90. The van der Waals surface area contributed by atoms with Crippen LogP contribution in [0.5, 0.6) is 11.5 Å². The molecule has 0 aromatic heterocycles. The Balaban J connectivity index is 1.53. The van der Waals surface area contributed by atoms with Crippen molar-refractivity contribution in [1.29, 1.82) is 0 Å². The van der Waals surface area contributed by atoms with Crippen molar-refractivity contribution in [3.05, 3.63) is 58.1 Å². The second-order valence-electron chi connectivity index (χ2n) is 8.56. The summed E-state index contributed by atoms with van der Waals surface area (Å²) in [6.07, 6.45) is 3.41. The SMILES string of the molecule is CCCN1CCC2(CC1)Oc1ccc(Br)cc1C1CC(c3ccccc3OC(F)F)=NN12. The van der Waals surface area contributed by atoms with E-state index >= 15 is 0 Å². The number of benzene rings is 2. The molecule has 1 spiro atoms. The van der Waals surface area contributed by atoms with E-state index in [0.29, 0.717) is 12.0 Å². The number of hydrazone groups is 1. The van der Waals surface area contributed by atoms with Gasteiger partial charge in [0.25, 0.3) is 0 Å². The largest absolute Gasteiger partial charge is 0.466 e.